The molecule has 5 heteroatoms. The molecular formula is C20H29N3O2. The van der Waals surface area contributed by atoms with E-state index in [0.29, 0.717) is 0 Å². The molecule has 2 fully saturated rings. The van der Waals surface area contributed by atoms with Gasteiger partial charge in [0.2, 0.25) is 5.91 Å². The Kier molecular flexibility index (Phi) is 6.21. The second-order valence-electron chi connectivity index (χ2n) is 7.43. The average molecular weight is 343 g/mol. The number of aliphatic hydroxyl groups is 1. The zero-order chi connectivity index (χ0) is 17.5. The SMILES string of the molecule is O=C(/C=C/c1ccccn1)NC1CCN(CC2(O)CCCCC2)CC1. The highest BCUT2D eigenvalue weighted by molar-refractivity contribution is 5.91. The van der Waals surface area contributed by atoms with Crippen molar-refractivity contribution in [1.29, 1.82) is 0 Å². The molecular weight excluding hydrogens is 314 g/mol. The van der Waals surface area contributed by atoms with Crippen molar-refractivity contribution in [1.82, 2.24) is 15.2 Å². The first-order valence-corrected chi connectivity index (χ1v) is 9.47. The van der Waals surface area contributed by atoms with Crippen LogP contribution in [0.5, 0.6) is 0 Å². The summed E-state index contributed by atoms with van der Waals surface area (Å²) in [5.41, 5.74) is 0.299. The van der Waals surface area contributed by atoms with Gasteiger partial charge in [0.05, 0.1) is 11.3 Å². The first-order valence-electron chi connectivity index (χ1n) is 9.47. The molecule has 2 heterocycles. The van der Waals surface area contributed by atoms with Crippen LogP contribution in [0.4, 0.5) is 0 Å². The third-order valence-corrected chi connectivity index (χ3v) is 5.33. The number of piperidine rings is 1. The van der Waals surface area contributed by atoms with Gasteiger partial charge in [-0.2, -0.15) is 0 Å². The van der Waals surface area contributed by atoms with E-state index in [-0.39, 0.29) is 11.9 Å². The average Bonchev–Trinajstić information content (AvgIpc) is 2.63. The fourth-order valence-electron chi connectivity index (χ4n) is 3.90. The minimum Gasteiger partial charge on any atom is -0.389 e. The number of hydrogen-bond acceptors (Lipinski definition) is 4. The molecule has 5 nitrogen and oxygen atoms in total. The highest BCUT2D eigenvalue weighted by Gasteiger charge is 2.32. The topological polar surface area (TPSA) is 65.5 Å². The number of hydrogen-bond donors (Lipinski definition) is 2. The fraction of sp³-hybridized carbons (Fsp3) is 0.600. The van der Waals surface area contributed by atoms with Gasteiger partial charge in [-0.3, -0.25) is 9.78 Å². The number of amides is 1. The minimum atomic E-state index is -0.486. The fourth-order valence-corrected chi connectivity index (χ4v) is 3.90. The number of nitrogens with one attached hydrogen (secondary N) is 1. The van der Waals surface area contributed by atoms with Crippen LogP contribution in [0.2, 0.25) is 0 Å². The minimum absolute atomic E-state index is 0.0602. The molecule has 0 spiro atoms. The molecule has 1 saturated heterocycles. The number of aromatic nitrogens is 1. The van der Waals surface area contributed by atoms with Gasteiger partial charge in [0, 0.05) is 37.9 Å². The van der Waals surface area contributed by atoms with E-state index in [1.807, 2.05) is 18.2 Å². The van der Waals surface area contributed by atoms with Crippen LogP contribution in [0.3, 0.4) is 0 Å². The maximum Gasteiger partial charge on any atom is 0.244 e. The standard InChI is InChI=1S/C20H29N3O2/c24-19(8-7-17-6-2-5-13-21-17)22-18-9-14-23(15-10-18)16-20(25)11-3-1-4-12-20/h2,5-8,13,18,25H,1,3-4,9-12,14-16H2,(H,22,24)/b8-7+. The molecule has 0 bridgehead atoms. The quantitative estimate of drug-likeness (QED) is 0.806. The molecule has 25 heavy (non-hydrogen) atoms. The summed E-state index contributed by atoms with van der Waals surface area (Å²) in [6.07, 6.45) is 12.3. The molecule has 1 saturated carbocycles. The van der Waals surface area contributed by atoms with E-state index in [1.165, 1.54) is 6.42 Å². The number of pyridine rings is 1. The van der Waals surface area contributed by atoms with Gasteiger partial charge in [0.25, 0.3) is 0 Å². The number of likely N-dealkylation sites (tertiary alicyclic amines) is 1. The van der Waals surface area contributed by atoms with Gasteiger partial charge < -0.3 is 15.3 Å². The molecule has 1 aliphatic heterocycles. The van der Waals surface area contributed by atoms with E-state index >= 15 is 0 Å². The highest BCUT2D eigenvalue weighted by atomic mass is 16.3. The number of carbonyl (C=O) groups excluding carboxylic acids is 1. The van der Waals surface area contributed by atoms with Crippen LogP contribution in [0.1, 0.15) is 50.6 Å². The Morgan fingerprint density at radius 2 is 2.04 bits per heavy atom. The first-order chi connectivity index (χ1) is 12.1. The monoisotopic (exact) mass is 343 g/mol. The second kappa shape index (κ2) is 8.59. The lowest BCUT2D eigenvalue weighted by Gasteiger charge is -2.40. The van der Waals surface area contributed by atoms with Crippen molar-refractivity contribution in [3.63, 3.8) is 0 Å². The maximum absolute atomic E-state index is 12.1. The van der Waals surface area contributed by atoms with Gasteiger partial charge >= 0.3 is 0 Å². The zero-order valence-corrected chi connectivity index (χ0v) is 14.9. The molecule has 0 atom stereocenters. The van der Waals surface area contributed by atoms with Crippen molar-refractivity contribution in [3.05, 3.63) is 36.2 Å². The summed E-state index contributed by atoms with van der Waals surface area (Å²) in [5.74, 6) is -0.0602. The van der Waals surface area contributed by atoms with Crippen LogP contribution < -0.4 is 5.32 Å². The molecule has 1 aliphatic carbocycles. The van der Waals surface area contributed by atoms with Crippen molar-refractivity contribution < 1.29 is 9.90 Å². The van der Waals surface area contributed by atoms with Crippen LogP contribution in [0.15, 0.2) is 30.5 Å². The van der Waals surface area contributed by atoms with Crippen molar-refractivity contribution in [3.8, 4) is 0 Å². The van der Waals surface area contributed by atoms with Gasteiger partial charge in [-0.1, -0.05) is 25.3 Å². The number of rotatable bonds is 5. The van der Waals surface area contributed by atoms with E-state index in [2.05, 4.69) is 15.2 Å². The van der Waals surface area contributed by atoms with Crippen LogP contribution in [-0.4, -0.2) is 52.2 Å². The highest BCUT2D eigenvalue weighted by Crippen LogP contribution is 2.29. The molecule has 1 aromatic rings. The first kappa shape index (κ1) is 18.1. The Morgan fingerprint density at radius 1 is 1.28 bits per heavy atom. The van der Waals surface area contributed by atoms with Gasteiger partial charge in [-0.15, -0.1) is 0 Å². The summed E-state index contributed by atoms with van der Waals surface area (Å²) >= 11 is 0. The summed E-state index contributed by atoms with van der Waals surface area (Å²) < 4.78 is 0. The van der Waals surface area contributed by atoms with Crippen molar-refractivity contribution in [2.45, 2.75) is 56.6 Å². The van der Waals surface area contributed by atoms with Crippen molar-refractivity contribution in [2.75, 3.05) is 19.6 Å². The molecule has 2 aliphatic rings. The van der Waals surface area contributed by atoms with E-state index < -0.39 is 5.60 Å². The van der Waals surface area contributed by atoms with Crippen molar-refractivity contribution >= 4 is 12.0 Å². The summed E-state index contributed by atoms with van der Waals surface area (Å²) in [4.78, 5) is 18.6. The summed E-state index contributed by atoms with van der Waals surface area (Å²) in [7, 11) is 0. The molecule has 0 radical (unpaired) electrons. The summed E-state index contributed by atoms with van der Waals surface area (Å²) in [6.45, 7) is 2.67. The van der Waals surface area contributed by atoms with Crippen LogP contribution in [-0.2, 0) is 4.79 Å². The Bertz CT molecular complexity index is 574. The van der Waals surface area contributed by atoms with Crippen LogP contribution >= 0.6 is 0 Å². The van der Waals surface area contributed by atoms with Gasteiger partial charge in [-0.05, 0) is 43.9 Å². The van der Waals surface area contributed by atoms with Crippen molar-refractivity contribution in [2.24, 2.45) is 0 Å². The smallest absolute Gasteiger partial charge is 0.244 e. The van der Waals surface area contributed by atoms with E-state index in [0.717, 1.165) is 63.9 Å². The van der Waals surface area contributed by atoms with E-state index in [9.17, 15) is 9.90 Å². The lowest BCUT2D eigenvalue weighted by atomic mass is 9.84. The Morgan fingerprint density at radius 3 is 2.72 bits per heavy atom. The lowest BCUT2D eigenvalue weighted by Crippen LogP contribution is -2.50. The van der Waals surface area contributed by atoms with E-state index in [4.69, 9.17) is 0 Å². The molecule has 3 rings (SSSR count). The van der Waals surface area contributed by atoms with Crippen LogP contribution in [0, 0.1) is 0 Å². The predicted octanol–water partition coefficient (Wildman–Crippen LogP) is 2.37. The summed E-state index contributed by atoms with van der Waals surface area (Å²) in [5, 5.41) is 13.8. The maximum atomic E-state index is 12.1. The number of nitrogens with zero attached hydrogens (tertiary/aromatic N) is 2. The molecule has 1 aromatic heterocycles. The number of β-amino-alcohol motifs (C(OH)–C–C–N with tert-alkyl or cyclic N) is 1. The lowest BCUT2D eigenvalue weighted by molar-refractivity contribution is -0.117. The second-order valence-corrected chi connectivity index (χ2v) is 7.43. The zero-order valence-electron chi connectivity index (χ0n) is 14.9. The Balaban J connectivity index is 1.40. The summed E-state index contributed by atoms with van der Waals surface area (Å²) in [6, 6.07) is 5.85. The predicted molar refractivity (Wildman–Crippen MR) is 98.9 cm³/mol. The van der Waals surface area contributed by atoms with Crippen LogP contribution in [0.25, 0.3) is 6.08 Å². The molecule has 136 valence electrons. The normalized spacial score (nSPS) is 22.1. The van der Waals surface area contributed by atoms with Gasteiger partial charge in [-0.25, -0.2) is 0 Å². The largest absolute Gasteiger partial charge is 0.389 e. The Labute approximate surface area is 150 Å². The third-order valence-electron chi connectivity index (χ3n) is 5.33. The van der Waals surface area contributed by atoms with E-state index in [1.54, 1.807) is 18.3 Å². The van der Waals surface area contributed by atoms with Gasteiger partial charge in [0.1, 0.15) is 0 Å². The third kappa shape index (κ3) is 5.65. The Hall–Kier alpha value is -1.72. The molecule has 0 aromatic carbocycles. The molecule has 2 N–H and O–H groups in total. The van der Waals surface area contributed by atoms with Gasteiger partial charge in [0.15, 0.2) is 0 Å². The number of carbonyl (C=O) groups is 1. The molecule has 1 amide bonds. The molecule has 0 unspecified atom stereocenters.